The Morgan fingerprint density at radius 1 is 1.52 bits per heavy atom. The number of anilines is 1. The first-order valence-corrected chi connectivity index (χ1v) is 7.87. The molecule has 1 aliphatic carbocycles. The zero-order valence-corrected chi connectivity index (χ0v) is 13.0. The van der Waals surface area contributed by atoms with E-state index in [1.54, 1.807) is 4.68 Å². The van der Waals surface area contributed by atoms with Crippen molar-refractivity contribution >= 4 is 11.8 Å². The topological polar surface area (TPSA) is 70.4 Å². The van der Waals surface area contributed by atoms with E-state index in [2.05, 4.69) is 17.3 Å². The molecule has 6 heteroatoms. The van der Waals surface area contributed by atoms with Crippen molar-refractivity contribution in [3.05, 3.63) is 11.8 Å². The first-order chi connectivity index (χ1) is 10.2. The minimum Gasteiger partial charge on any atom is -0.396 e. The summed E-state index contributed by atoms with van der Waals surface area (Å²) in [5.74, 6) is 0.747. The number of carbonyl (C=O) groups excluding carboxylic acids is 1. The molecule has 0 atom stereocenters. The van der Waals surface area contributed by atoms with Gasteiger partial charge in [0.1, 0.15) is 5.82 Å². The van der Waals surface area contributed by atoms with Crippen molar-refractivity contribution in [2.24, 2.45) is 7.05 Å². The van der Waals surface area contributed by atoms with Crippen LogP contribution in [0.5, 0.6) is 0 Å². The number of hydrogen-bond donors (Lipinski definition) is 2. The second-order valence-electron chi connectivity index (χ2n) is 5.68. The van der Waals surface area contributed by atoms with Gasteiger partial charge >= 0.3 is 6.03 Å². The molecule has 0 radical (unpaired) electrons. The smallest absolute Gasteiger partial charge is 0.323 e. The van der Waals surface area contributed by atoms with E-state index in [-0.39, 0.29) is 12.6 Å². The van der Waals surface area contributed by atoms with E-state index in [1.165, 1.54) is 0 Å². The second kappa shape index (κ2) is 7.45. The lowest BCUT2D eigenvalue weighted by molar-refractivity contribution is 0.203. The molecule has 2 N–H and O–H groups in total. The highest BCUT2D eigenvalue weighted by molar-refractivity contribution is 5.88. The quantitative estimate of drug-likeness (QED) is 0.722. The lowest BCUT2D eigenvalue weighted by Gasteiger charge is -2.22. The molecule has 118 valence electrons. The van der Waals surface area contributed by atoms with Gasteiger partial charge in [0.2, 0.25) is 0 Å². The van der Waals surface area contributed by atoms with Gasteiger partial charge in [-0.25, -0.2) is 4.79 Å². The van der Waals surface area contributed by atoms with Crippen molar-refractivity contribution in [1.29, 1.82) is 0 Å². The summed E-state index contributed by atoms with van der Waals surface area (Å²) in [6.45, 7) is 3.00. The van der Waals surface area contributed by atoms with Crippen molar-refractivity contribution < 1.29 is 9.90 Å². The number of nitrogens with one attached hydrogen (secondary N) is 1. The maximum atomic E-state index is 12.4. The molecule has 1 saturated carbocycles. The average Bonchev–Trinajstić information content (AvgIpc) is 3.22. The minimum absolute atomic E-state index is 0.0542. The van der Waals surface area contributed by atoms with Gasteiger partial charge in [0, 0.05) is 32.3 Å². The van der Waals surface area contributed by atoms with Gasteiger partial charge in [-0.15, -0.1) is 0 Å². The molecule has 0 unspecified atom stereocenters. The van der Waals surface area contributed by atoms with E-state index in [9.17, 15) is 4.79 Å². The van der Waals surface area contributed by atoms with Gasteiger partial charge in [-0.1, -0.05) is 13.3 Å². The summed E-state index contributed by atoms with van der Waals surface area (Å²) in [5, 5.41) is 16.2. The Labute approximate surface area is 126 Å². The maximum Gasteiger partial charge on any atom is 0.323 e. The molecule has 6 nitrogen and oxygen atoms in total. The van der Waals surface area contributed by atoms with E-state index >= 15 is 0 Å². The molecule has 0 aromatic carbocycles. The fraction of sp³-hybridized carbons (Fsp3) is 0.733. The Hall–Kier alpha value is -1.56. The average molecular weight is 294 g/mol. The minimum atomic E-state index is -0.0542. The molecule has 1 aromatic heterocycles. The first kappa shape index (κ1) is 15.8. The molecule has 1 aliphatic rings. The second-order valence-corrected chi connectivity index (χ2v) is 5.68. The van der Waals surface area contributed by atoms with Gasteiger partial charge in [0.05, 0.1) is 5.69 Å². The highest BCUT2D eigenvalue weighted by atomic mass is 16.3. The molecule has 0 bridgehead atoms. The Morgan fingerprint density at radius 2 is 2.29 bits per heavy atom. The predicted octanol–water partition coefficient (Wildman–Crippen LogP) is 2.14. The van der Waals surface area contributed by atoms with Crippen LogP contribution in [0.4, 0.5) is 10.6 Å². The van der Waals surface area contributed by atoms with Crippen molar-refractivity contribution in [1.82, 2.24) is 14.7 Å². The standard InChI is InChI=1S/C15H26N4O2/c1-3-6-12-11-14(18(2)17-12)16-15(21)19(13-7-8-13)9-4-5-10-20/h11,13,20H,3-10H2,1-2H3,(H,16,21). The maximum absolute atomic E-state index is 12.4. The number of aryl methyl sites for hydroxylation is 2. The third kappa shape index (κ3) is 4.46. The lowest BCUT2D eigenvalue weighted by atomic mass is 10.2. The van der Waals surface area contributed by atoms with Crippen LogP contribution in [0.2, 0.25) is 0 Å². The van der Waals surface area contributed by atoms with Gasteiger partial charge in [0.25, 0.3) is 0 Å². The summed E-state index contributed by atoms with van der Waals surface area (Å²) in [6.07, 6.45) is 5.71. The summed E-state index contributed by atoms with van der Waals surface area (Å²) in [5.41, 5.74) is 1.01. The number of rotatable bonds is 8. The molecular formula is C15H26N4O2. The number of unbranched alkanes of at least 4 members (excludes halogenated alkanes) is 1. The number of carbonyl (C=O) groups is 1. The lowest BCUT2D eigenvalue weighted by Crippen LogP contribution is -2.38. The third-order valence-electron chi connectivity index (χ3n) is 3.73. The molecule has 2 rings (SSSR count). The first-order valence-electron chi connectivity index (χ1n) is 7.87. The van der Waals surface area contributed by atoms with Gasteiger partial charge < -0.3 is 10.0 Å². The van der Waals surface area contributed by atoms with Crippen molar-refractivity contribution in [2.75, 3.05) is 18.5 Å². The number of urea groups is 1. The highest BCUT2D eigenvalue weighted by Gasteiger charge is 2.32. The van der Waals surface area contributed by atoms with Gasteiger partial charge in [-0.05, 0) is 32.1 Å². The predicted molar refractivity (Wildman–Crippen MR) is 82.3 cm³/mol. The largest absolute Gasteiger partial charge is 0.396 e. The number of aliphatic hydroxyl groups excluding tert-OH is 1. The highest BCUT2D eigenvalue weighted by Crippen LogP contribution is 2.27. The van der Waals surface area contributed by atoms with Crippen LogP contribution in [0, 0.1) is 0 Å². The SMILES string of the molecule is CCCc1cc(NC(=O)N(CCCCO)C2CC2)n(C)n1. The Bertz CT molecular complexity index is 468. The summed E-state index contributed by atoms with van der Waals surface area (Å²) >= 11 is 0. The van der Waals surface area contributed by atoms with E-state index in [0.29, 0.717) is 12.6 Å². The number of amides is 2. The van der Waals surface area contributed by atoms with Crippen LogP contribution in [-0.2, 0) is 13.5 Å². The molecule has 0 spiro atoms. The monoisotopic (exact) mass is 294 g/mol. The normalized spacial score (nSPS) is 14.2. The number of nitrogens with zero attached hydrogens (tertiary/aromatic N) is 3. The van der Waals surface area contributed by atoms with Crippen LogP contribution in [-0.4, -0.2) is 45.0 Å². The molecule has 2 amide bonds. The Kier molecular flexibility index (Phi) is 5.61. The summed E-state index contributed by atoms with van der Waals surface area (Å²) in [7, 11) is 1.85. The van der Waals surface area contributed by atoms with Gasteiger partial charge in [-0.3, -0.25) is 10.00 Å². The van der Waals surface area contributed by atoms with E-state index in [4.69, 9.17) is 5.11 Å². The fourth-order valence-electron chi connectivity index (χ4n) is 2.43. The van der Waals surface area contributed by atoms with Crippen LogP contribution in [0.25, 0.3) is 0 Å². The van der Waals surface area contributed by atoms with Crippen LogP contribution in [0.15, 0.2) is 6.07 Å². The summed E-state index contributed by atoms with van der Waals surface area (Å²) in [6, 6.07) is 2.26. The van der Waals surface area contributed by atoms with Crippen LogP contribution >= 0.6 is 0 Å². The molecule has 0 saturated heterocycles. The zero-order valence-electron chi connectivity index (χ0n) is 13.0. The van der Waals surface area contributed by atoms with E-state index < -0.39 is 0 Å². The van der Waals surface area contributed by atoms with E-state index in [0.717, 1.165) is 50.0 Å². The Balaban J connectivity index is 1.94. The van der Waals surface area contributed by atoms with Crippen LogP contribution < -0.4 is 5.32 Å². The third-order valence-corrected chi connectivity index (χ3v) is 3.73. The molecule has 1 aromatic rings. The van der Waals surface area contributed by atoms with Crippen LogP contribution in [0.1, 0.15) is 44.7 Å². The number of hydrogen-bond acceptors (Lipinski definition) is 3. The van der Waals surface area contributed by atoms with Crippen LogP contribution in [0.3, 0.4) is 0 Å². The number of aliphatic hydroxyl groups is 1. The Morgan fingerprint density at radius 3 is 2.90 bits per heavy atom. The molecule has 21 heavy (non-hydrogen) atoms. The van der Waals surface area contributed by atoms with Gasteiger partial charge in [-0.2, -0.15) is 5.10 Å². The molecular weight excluding hydrogens is 268 g/mol. The van der Waals surface area contributed by atoms with Crippen molar-refractivity contribution in [2.45, 2.75) is 51.5 Å². The van der Waals surface area contributed by atoms with Gasteiger partial charge in [0.15, 0.2) is 0 Å². The summed E-state index contributed by atoms with van der Waals surface area (Å²) in [4.78, 5) is 14.3. The molecule has 0 aliphatic heterocycles. The zero-order chi connectivity index (χ0) is 15.2. The summed E-state index contributed by atoms with van der Waals surface area (Å²) < 4.78 is 1.72. The van der Waals surface area contributed by atoms with Crippen molar-refractivity contribution in [3.8, 4) is 0 Å². The fourth-order valence-corrected chi connectivity index (χ4v) is 2.43. The van der Waals surface area contributed by atoms with E-state index in [1.807, 2.05) is 18.0 Å². The molecule has 1 fully saturated rings. The number of aromatic nitrogens is 2. The van der Waals surface area contributed by atoms with Crippen molar-refractivity contribution in [3.63, 3.8) is 0 Å². The molecule has 1 heterocycles.